The van der Waals surface area contributed by atoms with Gasteiger partial charge in [0.1, 0.15) is 23.9 Å². The van der Waals surface area contributed by atoms with Crippen molar-refractivity contribution >= 4 is 35.6 Å². The Labute approximate surface area is 348 Å². The van der Waals surface area contributed by atoms with Crippen molar-refractivity contribution in [1.29, 1.82) is 0 Å². The van der Waals surface area contributed by atoms with Crippen LogP contribution >= 0.6 is 0 Å². The quantitative estimate of drug-likeness (QED) is 0.136. The summed E-state index contributed by atoms with van der Waals surface area (Å²) in [7, 11) is 0. The number of aliphatic hydroxyl groups is 3. The van der Waals surface area contributed by atoms with Gasteiger partial charge in [-0.25, -0.2) is 4.79 Å². The van der Waals surface area contributed by atoms with E-state index in [1.165, 1.54) is 13.8 Å². The van der Waals surface area contributed by atoms with Gasteiger partial charge in [0.25, 0.3) is 5.91 Å². The number of carbonyl (C=O) groups excluding carboxylic acids is 6. The number of carbonyl (C=O) groups is 6. The first-order valence-corrected chi connectivity index (χ1v) is 20.4. The molecule has 1 heterocycles. The van der Waals surface area contributed by atoms with E-state index in [0.717, 1.165) is 13.8 Å². The molecule has 1 saturated heterocycles. The number of aliphatic hydroxyl groups excluding tert-OH is 2. The maximum Gasteiger partial charge on any atom is 0.338 e. The Hall–Kier alpha value is -4.96. The van der Waals surface area contributed by atoms with Crippen LogP contribution in [-0.2, 0) is 47.7 Å². The van der Waals surface area contributed by atoms with Crippen molar-refractivity contribution in [2.45, 2.75) is 134 Å². The molecule has 3 aliphatic carbocycles. The fraction of sp³-hybridized carbons (Fsp3) is 0.556. The minimum atomic E-state index is -2.32. The Morgan fingerprint density at radius 2 is 1.57 bits per heavy atom. The molecule has 4 aliphatic rings. The van der Waals surface area contributed by atoms with Gasteiger partial charge in [0.05, 0.1) is 30.1 Å². The SMILES string of the molecule is CCCCC(=O)OC1C2C3(OC(C)=O)COC3CC(O)C2(C)C(=O)C(OC(C)=O)C2=C(C)C(OC(=O)C(O)C(NC(=O)c3ccccc3)c3ccccc3)CC1(O)C2(C)C. The third kappa shape index (κ3) is 7.54. The van der Waals surface area contributed by atoms with Crippen LogP contribution in [0.5, 0.6) is 0 Å². The van der Waals surface area contributed by atoms with Gasteiger partial charge in [-0.15, -0.1) is 0 Å². The smallest absolute Gasteiger partial charge is 0.338 e. The Morgan fingerprint density at radius 1 is 0.933 bits per heavy atom. The minimum absolute atomic E-state index is 0.0238. The number of esters is 4. The molecule has 2 aromatic carbocycles. The molecule has 324 valence electrons. The van der Waals surface area contributed by atoms with Crippen molar-refractivity contribution in [2.24, 2.45) is 16.7 Å². The summed E-state index contributed by atoms with van der Waals surface area (Å²) >= 11 is 0. The van der Waals surface area contributed by atoms with Gasteiger partial charge < -0.3 is 44.3 Å². The Balaban J connectivity index is 1.51. The molecule has 3 fully saturated rings. The van der Waals surface area contributed by atoms with Crippen molar-refractivity contribution in [3.05, 3.63) is 82.9 Å². The van der Waals surface area contributed by atoms with Crippen LogP contribution in [0, 0.1) is 16.7 Å². The topological polar surface area (TPSA) is 221 Å². The summed E-state index contributed by atoms with van der Waals surface area (Å²) in [5.74, 6) is -6.50. The lowest BCUT2D eigenvalue weighted by Crippen LogP contribution is -2.82. The molecule has 11 unspecified atom stereocenters. The van der Waals surface area contributed by atoms with Crippen molar-refractivity contribution in [1.82, 2.24) is 5.32 Å². The van der Waals surface area contributed by atoms with Crippen molar-refractivity contribution in [2.75, 3.05) is 6.61 Å². The number of nitrogens with one attached hydrogen (secondary N) is 1. The summed E-state index contributed by atoms with van der Waals surface area (Å²) in [6, 6.07) is 15.2. The first kappa shape index (κ1) is 44.6. The molecule has 11 atom stereocenters. The van der Waals surface area contributed by atoms with Gasteiger partial charge in [-0.2, -0.15) is 0 Å². The molecule has 15 nitrogen and oxygen atoms in total. The highest BCUT2D eigenvalue weighted by molar-refractivity contribution is 5.96. The largest absolute Gasteiger partial charge is 0.459 e. The molecule has 0 spiro atoms. The lowest BCUT2D eigenvalue weighted by Gasteiger charge is -2.67. The van der Waals surface area contributed by atoms with Crippen molar-refractivity contribution < 1.29 is 67.8 Å². The molecule has 0 aromatic heterocycles. The number of hydrogen-bond donors (Lipinski definition) is 4. The zero-order valence-electron chi connectivity index (χ0n) is 35.0. The highest BCUT2D eigenvalue weighted by Gasteiger charge is 2.78. The summed E-state index contributed by atoms with van der Waals surface area (Å²) in [5, 5.41) is 40.0. The van der Waals surface area contributed by atoms with Crippen LogP contribution in [0.2, 0.25) is 0 Å². The Kier molecular flexibility index (Phi) is 12.5. The third-order valence-corrected chi connectivity index (χ3v) is 13.2. The van der Waals surface area contributed by atoms with Crippen molar-refractivity contribution in [3.63, 3.8) is 0 Å². The fourth-order valence-electron chi connectivity index (χ4n) is 9.95. The van der Waals surface area contributed by atoms with Crippen LogP contribution in [0.4, 0.5) is 0 Å². The van der Waals surface area contributed by atoms with Crippen LogP contribution in [0.3, 0.4) is 0 Å². The van der Waals surface area contributed by atoms with E-state index in [0.29, 0.717) is 18.4 Å². The highest BCUT2D eigenvalue weighted by Crippen LogP contribution is 2.64. The molecular formula is C45H55NO14. The van der Waals surface area contributed by atoms with Gasteiger partial charge >= 0.3 is 23.9 Å². The summed E-state index contributed by atoms with van der Waals surface area (Å²) in [6.45, 7) is 9.96. The first-order valence-electron chi connectivity index (χ1n) is 20.4. The maximum absolute atomic E-state index is 15.4. The molecule has 2 bridgehead atoms. The Morgan fingerprint density at radius 3 is 2.13 bits per heavy atom. The van der Waals surface area contributed by atoms with Gasteiger partial charge in [0.15, 0.2) is 23.6 Å². The summed E-state index contributed by atoms with van der Waals surface area (Å²) in [6.07, 6.45) is -9.25. The van der Waals surface area contributed by atoms with Gasteiger partial charge in [-0.3, -0.25) is 24.0 Å². The zero-order chi connectivity index (χ0) is 43.9. The van der Waals surface area contributed by atoms with Gasteiger partial charge in [-0.1, -0.05) is 75.7 Å². The molecule has 4 N–H and O–H groups in total. The maximum atomic E-state index is 15.4. The van der Waals surface area contributed by atoms with E-state index in [1.54, 1.807) is 74.5 Å². The molecule has 2 saturated carbocycles. The van der Waals surface area contributed by atoms with Gasteiger partial charge in [0, 0.05) is 44.1 Å². The molecule has 2 aromatic rings. The average Bonchev–Trinajstić information content (AvgIpc) is 3.20. The molecular weight excluding hydrogens is 778 g/mol. The average molecular weight is 834 g/mol. The van der Waals surface area contributed by atoms with Crippen LogP contribution < -0.4 is 5.32 Å². The Bertz CT molecular complexity index is 2030. The first-order chi connectivity index (χ1) is 28.2. The van der Waals surface area contributed by atoms with Crippen LogP contribution in [-0.4, -0.2) is 105 Å². The predicted molar refractivity (Wildman–Crippen MR) is 211 cm³/mol. The lowest BCUT2D eigenvalue weighted by atomic mass is 9.44. The van der Waals surface area contributed by atoms with Crippen LogP contribution in [0.15, 0.2) is 71.8 Å². The number of hydrogen-bond acceptors (Lipinski definition) is 14. The number of unbranched alkanes of at least 4 members (excludes halogenated alkanes) is 1. The molecule has 1 amide bonds. The molecule has 15 heteroatoms. The van der Waals surface area contributed by atoms with Crippen LogP contribution in [0.25, 0.3) is 0 Å². The molecule has 60 heavy (non-hydrogen) atoms. The number of ketones is 1. The number of ether oxygens (including phenoxy) is 5. The van der Waals surface area contributed by atoms with E-state index >= 15 is 4.79 Å². The fourth-order valence-corrected chi connectivity index (χ4v) is 9.95. The highest BCUT2D eigenvalue weighted by atomic mass is 16.6. The number of amides is 1. The second kappa shape index (κ2) is 16.8. The standard InChI is InChI=1S/C45H55NO14/c1-8-9-20-32(50)59-39-37-43(7,30(49)21-31-44(37,23-56-31)60-26(4)48)38(52)36(57-25(3)47)33-24(2)29(22-45(39,55)42(33,5)6)58-41(54)35(51)34(27-16-12-10-13-17-27)46-40(53)28-18-14-11-15-19-28/h10-19,29-31,34-37,39,49,51,55H,8-9,20-23H2,1-7H3,(H,46,53). The predicted octanol–water partition coefficient (Wildman–Crippen LogP) is 3.61. The van der Waals surface area contributed by atoms with E-state index in [2.05, 4.69) is 5.32 Å². The third-order valence-electron chi connectivity index (χ3n) is 13.2. The second-order valence-electron chi connectivity index (χ2n) is 17.2. The zero-order valence-corrected chi connectivity index (χ0v) is 35.0. The molecule has 6 rings (SSSR count). The van der Waals surface area contributed by atoms with E-state index in [1.807, 2.05) is 6.92 Å². The normalized spacial score (nSPS) is 32.6. The molecule has 0 radical (unpaired) electrons. The molecule has 1 aliphatic heterocycles. The second-order valence-corrected chi connectivity index (χ2v) is 17.2. The van der Waals surface area contributed by atoms with E-state index in [4.69, 9.17) is 23.7 Å². The van der Waals surface area contributed by atoms with Gasteiger partial charge in [-0.05, 0) is 49.1 Å². The van der Waals surface area contributed by atoms with Crippen LogP contribution in [0.1, 0.15) is 103 Å². The monoisotopic (exact) mass is 833 g/mol. The lowest BCUT2D eigenvalue weighted by molar-refractivity contribution is -0.347. The summed E-state index contributed by atoms with van der Waals surface area (Å²) < 4.78 is 30.1. The minimum Gasteiger partial charge on any atom is -0.459 e. The van der Waals surface area contributed by atoms with Gasteiger partial charge in [0.2, 0.25) is 0 Å². The van der Waals surface area contributed by atoms with E-state index < -0.39 is 113 Å². The number of benzene rings is 2. The number of rotatable bonds is 12. The number of Topliss-reactive ketones (excluding diaryl/α,β-unsaturated/α-hetero) is 1. The number of fused-ring (bicyclic) bond motifs is 5. The van der Waals surface area contributed by atoms with Crippen molar-refractivity contribution in [3.8, 4) is 0 Å². The summed E-state index contributed by atoms with van der Waals surface area (Å²) in [4.78, 5) is 82.7. The van der Waals surface area contributed by atoms with E-state index in [9.17, 15) is 39.3 Å². The van der Waals surface area contributed by atoms with E-state index in [-0.39, 0.29) is 36.2 Å². The summed E-state index contributed by atoms with van der Waals surface area (Å²) in [5.41, 5.74) is -6.81.